The highest BCUT2D eigenvalue weighted by Crippen LogP contribution is 2.32. The molecular weight excluding hydrogens is 356 g/mol. The van der Waals surface area contributed by atoms with Gasteiger partial charge in [-0.1, -0.05) is 18.9 Å². The molecule has 28 heavy (non-hydrogen) atoms. The average molecular weight is 380 g/mol. The number of aliphatic imine (C=N–C) groups is 1. The monoisotopic (exact) mass is 380 g/mol. The van der Waals surface area contributed by atoms with E-state index in [9.17, 15) is 14.7 Å². The molecule has 1 aliphatic carbocycles. The molecule has 146 valence electrons. The van der Waals surface area contributed by atoms with E-state index in [0.717, 1.165) is 23.7 Å². The van der Waals surface area contributed by atoms with E-state index in [2.05, 4.69) is 15.4 Å². The number of carbonyl (C=O) groups is 2. The second-order valence-electron chi connectivity index (χ2n) is 7.50. The second kappa shape index (κ2) is 7.67. The second-order valence-corrected chi connectivity index (χ2v) is 7.50. The van der Waals surface area contributed by atoms with Crippen molar-refractivity contribution in [2.45, 2.75) is 38.6 Å². The Morgan fingerprint density at radius 1 is 1.32 bits per heavy atom. The van der Waals surface area contributed by atoms with Gasteiger partial charge in [0.1, 0.15) is 0 Å². The molecule has 0 saturated heterocycles. The lowest BCUT2D eigenvalue weighted by molar-refractivity contribution is -0.120. The van der Waals surface area contributed by atoms with Crippen LogP contribution >= 0.6 is 0 Å². The summed E-state index contributed by atoms with van der Waals surface area (Å²) in [6.45, 7) is 1.59. The van der Waals surface area contributed by atoms with E-state index < -0.39 is 5.92 Å². The SMILES string of the molecule is CC1=NC(=O)C(CNC(=O)c2cccc3c2cnn3C2CCCC2)C(CO)=C1. The molecule has 0 spiro atoms. The molecule has 1 fully saturated rings. The van der Waals surface area contributed by atoms with E-state index in [1.165, 1.54) is 12.8 Å². The predicted octanol–water partition coefficient (Wildman–Crippen LogP) is 2.42. The normalized spacial score (nSPS) is 20.4. The summed E-state index contributed by atoms with van der Waals surface area (Å²) in [6, 6.07) is 6.02. The molecule has 2 heterocycles. The number of dihydropyridines is 1. The fourth-order valence-electron chi connectivity index (χ4n) is 4.18. The van der Waals surface area contributed by atoms with Gasteiger partial charge in [-0.25, -0.2) is 4.99 Å². The van der Waals surface area contributed by atoms with Crippen LogP contribution in [-0.2, 0) is 4.79 Å². The molecule has 0 bridgehead atoms. The maximum Gasteiger partial charge on any atom is 0.254 e. The van der Waals surface area contributed by atoms with Gasteiger partial charge in [-0.05, 0) is 43.5 Å². The van der Waals surface area contributed by atoms with Crippen molar-refractivity contribution in [3.63, 3.8) is 0 Å². The fourth-order valence-corrected chi connectivity index (χ4v) is 4.18. The zero-order valence-electron chi connectivity index (χ0n) is 15.9. The van der Waals surface area contributed by atoms with Crippen molar-refractivity contribution >= 4 is 28.4 Å². The summed E-state index contributed by atoms with van der Waals surface area (Å²) in [4.78, 5) is 28.9. The number of amides is 2. The molecule has 7 nitrogen and oxygen atoms in total. The maximum atomic E-state index is 12.8. The fraction of sp³-hybridized carbons (Fsp3) is 0.429. The predicted molar refractivity (Wildman–Crippen MR) is 106 cm³/mol. The molecule has 1 aromatic heterocycles. The van der Waals surface area contributed by atoms with Crippen molar-refractivity contribution in [1.82, 2.24) is 15.1 Å². The molecule has 7 heteroatoms. The summed E-state index contributed by atoms with van der Waals surface area (Å²) in [5.41, 5.74) is 2.65. The number of aliphatic hydroxyl groups is 1. The number of rotatable bonds is 5. The maximum absolute atomic E-state index is 12.8. The van der Waals surface area contributed by atoms with Crippen LogP contribution in [0.3, 0.4) is 0 Å². The van der Waals surface area contributed by atoms with Crippen molar-refractivity contribution in [2.24, 2.45) is 10.9 Å². The first-order chi connectivity index (χ1) is 13.6. The molecule has 4 rings (SSSR count). The van der Waals surface area contributed by atoms with E-state index in [4.69, 9.17) is 0 Å². The number of fused-ring (bicyclic) bond motifs is 1. The van der Waals surface area contributed by atoms with Crippen LogP contribution < -0.4 is 5.32 Å². The summed E-state index contributed by atoms with van der Waals surface area (Å²) < 4.78 is 2.04. The molecule has 0 radical (unpaired) electrons. The number of carbonyl (C=O) groups excluding carboxylic acids is 2. The van der Waals surface area contributed by atoms with E-state index >= 15 is 0 Å². The molecule has 2 N–H and O–H groups in total. The third-order valence-electron chi connectivity index (χ3n) is 5.63. The van der Waals surface area contributed by atoms with E-state index in [1.807, 2.05) is 16.8 Å². The Morgan fingerprint density at radius 3 is 2.86 bits per heavy atom. The van der Waals surface area contributed by atoms with Gasteiger partial charge in [0.25, 0.3) is 11.8 Å². The highest BCUT2D eigenvalue weighted by molar-refractivity contribution is 6.07. The minimum Gasteiger partial charge on any atom is -0.392 e. The molecule has 1 atom stereocenters. The Morgan fingerprint density at radius 2 is 2.11 bits per heavy atom. The minimum atomic E-state index is -0.627. The van der Waals surface area contributed by atoms with Crippen molar-refractivity contribution < 1.29 is 14.7 Å². The summed E-state index contributed by atoms with van der Waals surface area (Å²) in [6.07, 6.45) is 8.11. The van der Waals surface area contributed by atoms with Gasteiger partial charge < -0.3 is 10.4 Å². The summed E-state index contributed by atoms with van der Waals surface area (Å²) in [5.74, 6) is -1.22. The number of aliphatic hydroxyl groups excluding tert-OH is 1. The Labute approximate surface area is 163 Å². The number of nitrogens with zero attached hydrogens (tertiary/aromatic N) is 3. The standard InChI is InChI=1S/C21H24N4O3/c1-13-9-14(12-26)17(21(28)24-13)10-22-20(27)16-7-4-8-19-18(16)11-23-25(19)15-5-2-3-6-15/h4,7-9,11,15,17,26H,2-3,5-6,10,12H2,1H3,(H,22,27). The summed E-state index contributed by atoms with van der Waals surface area (Å²) in [5, 5.41) is 17.7. The van der Waals surface area contributed by atoms with Crippen molar-refractivity contribution in [3.8, 4) is 0 Å². The highest BCUT2D eigenvalue weighted by atomic mass is 16.3. The Kier molecular flexibility index (Phi) is 5.09. The van der Waals surface area contributed by atoms with Gasteiger partial charge in [-0.2, -0.15) is 5.10 Å². The number of nitrogens with one attached hydrogen (secondary N) is 1. The van der Waals surface area contributed by atoms with Crippen molar-refractivity contribution in [1.29, 1.82) is 0 Å². The Balaban J connectivity index is 1.53. The molecule has 2 aliphatic rings. The molecule has 2 aromatic rings. The van der Waals surface area contributed by atoms with Crippen LogP contribution in [0.5, 0.6) is 0 Å². The minimum absolute atomic E-state index is 0.105. The first kappa shape index (κ1) is 18.6. The molecule has 2 amide bonds. The largest absolute Gasteiger partial charge is 0.392 e. The summed E-state index contributed by atoms with van der Waals surface area (Å²) in [7, 11) is 0. The van der Waals surface area contributed by atoms with Crippen molar-refractivity contribution in [3.05, 3.63) is 41.6 Å². The van der Waals surface area contributed by atoms with Gasteiger partial charge in [-0.3, -0.25) is 14.3 Å². The molecule has 1 unspecified atom stereocenters. The first-order valence-electron chi connectivity index (χ1n) is 9.73. The molecule has 1 aromatic carbocycles. The van der Waals surface area contributed by atoms with E-state index in [-0.39, 0.29) is 25.0 Å². The number of hydrogen-bond acceptors (Lipinski definition) is 4. The highest BCUT2D eigenvalue weighted by Gasteiger charge is 2.27. The van der Waals surface area contributed by atoms with Gasteiger partial charge >= 0.3 is 0 Å². The topological polar surface area (TPSA) is 96.6 Å². The quantitative estimate of drug-likeness (QED) is 0.832. The lowest BCUT2D eigenvalue weighted by Crippen LogP contribution is -2.36. The van der Waals surface area contributed by atoms with E-state index in [0.29, 0.717) is 22.9 Å². The Bertz CT molecular complexity index is 983. The van der Waals surface area contributed by atoms with Gasteiger partial charge in [0.2, 0.25) is 0 Å². The van der Waals surface area contributed by atoms with E-state index in [1.54, 1.807) is 25.3 Å². The average Bonchev–Trinajstić information content (AvgIpc) is 3.35. The third-order valence-corrected chi connectivity index (χ3v) is 5.63. The smallest absolute Gasteiger partial charge is 0.254 e. The van der Waals surface area contributed by atoms with Crippen LogP contribution in [0.2, 0.25) is 0 Å². The number of hydrogen-bond donors (Lipinski definition) is 2. The third kappa shape index (κ3) is 3.38. The molecular formula is C21H24N4O3. The van der Waals surface area contributed by atoms with Crippen molar-refractivity contribution in [2.75, 3.05) is 13.2 Å². The lowest BCUT2D eigenvalue weighted by Gasteiger charge is -2.20. The number of allylic oxidation sites excluding steroid dienone is 1. The number of aromatic nitrogens is 2. The van der Waals surface area contributed by atoms with Gasteiger partial charge in [0, 0.05) is 17.6 Å². The zero-order chi connectivity index (χ0) is 19.7. The van der Waals surface area contributed by atoms with Crippen LogP contribution in [0.4, 0.5) is 0 Å². The number of benzene rings is 1. The van der Waals surface area contributed by atoms with Gasteiger partial charge in [-0.15, -0.1) is 0 Å². The van der Waals surface area contributed by atoms with Crippen LogP contribution in [0, 0.1) is 5.92 Å². The van der Waals surface area contributed by atoms with Crippen LogP contribution in [0.15, 0.2) is 41.0 Å². The van der Waals surface area contributed by atoms with Crippen LogP contribution in [0.25, 0.3) is 10.9 Å². The summed E-state index contributed by atoms with van der Waals surface area (Å²) >= 11 is 0. The molecule has 1 aliphatic heterocycles. The lowest BCUT2D eigenvalue weighted by atomic mass is 9.94. The zero-order valence-corrected chi connectivity index (χ0v) is 15.9. The molecule has 1 saturated carbocycles. The first-order valence-corrected chi connectivity index (χ1v) is 9.73. The van der Waals surface area contributed by atoms with Crippen LogP contribution in [-0.4, -0.2) is 45.6 Å². The van der Waals surface area contributed by atoms with Crippen LogP contribution in [0.1, 0.15) is 49.0 Å². The Hall–Kier alpha value is -2.80. The van der Waals surface area contributed by atoms with Gasteiger partial charge in [0.05, 0.1) is 35.8 Å². The van der Waals surface area contributed by atoms with Gasteiger partial charge in [0.15, 0.2) is 0 Å².